The van der Waals surface area contributed by atoms with Gasteiger partial charge in [0.25, 0.3) is 0 Å². The third-order valence-electron chi connectivity index (χ3n) is 4.03. The van der Waals surface area contributed by atoms with Gasteiger partial charge in [-0.15, -0.1) is 0 Å². The number of benzene rings is 1. The first-order valence-corrected chi connectivity index (χ1v) is 9.21. The Bertz CT molecular complexity index is 829. The molecule has 1 fully saturated rings. The number of thiocarbonyl (C=S) groups is 1. The van der Waals surface area contributed by atoms with Crippen LogP contribution in [0.3, 0.4) is 0 Å². The van der Waals surface area contributed by atoms with Crippen LogP contribution in [0.25, 0.3) is 0 Å². The Morgan fingerprint density at radius 3 is 2.69 bits per heavy atom. The Kier molecular flexibility index (Phi) is 6.11. The smallest absolute Gasteiger partial charge is 0.220 e. The van der Waals surface area contributed by atoms with Gasteiger partial charge in [0.2, 0.25) is 5.95 Å². The third-order valence-corrected chi connectivity index (χ3v) is 5.09. The van der Waals surface area contributed by atoms with Crippen molar-refractivity contribution in [3.8, 4) is 0 Å². The standard InChI is InChI=1S/C17H16Cl2F2N4S/c18-11-4-3-5-13(14(11)19)23-17(26)22-9-10-8-12(20)16(24-15(10)21)25-6-1-2-7-25/h3-5,8H,1-2,6-7,9H2,(H2,22,23,26). The average molecular weight is 417 g/mol. The molecule has 2 N–H and O–H groups in total. The number of pyridine rings is 1. The van der Waals surface area contributed by atoms with E-state index in [4.69, 9.17) is 35.4 Å². The van der Waals surface area contributed by atoms with Gasteiger partial charge in [0.1, 0.15) is 0 Å². The minimum Gasteiger partial charge on any atom is -0.358 e. The van der Waals surface area contributed by atoms with Crippen molar-refractivity contribution in [3.63, 3.8) is 0 Å². The van der Waals surface area contributed by atoms with E-state index in [0.717, 1.165) is 18.9 Å². The number of hydrogen-bond acceptors (Lipinski definition) is 3. The fraction of sp³-hybridized carbons (Fsp3) is 0.294. The summed E-state index contributed by atoms with van der Waals surface area (Å²) in [5.74, 6) is -1.19. The highest BCUT2D eigenvalue weighted by atomic mass is 35.5. The Balaban J connectivity index is 1.64. The van der Waals surface area contributed by atoms with Crippen molar-refractivity contribution in [1.29, 1.82) is 0 Å². The second-order valence-electron chi connectivity index (χ2n) is 5.85. The normalized spacial score (nSPS) is 13.8. The molecule has 1 aliphatic rings. The van der Waals surface area contributed by atoms with Crippen LogP contribution in [-0.4, -0.2) is 23.2 Å². The maximum Gasteiger partial charge on any atom is 0.220 e. The second kappa shape index (κ2) is 8.33. The predicted molar refractivity (Wildman–Crippen MR) is 105 cm³/mol. The predicted octanol–water partition coefficient (Wildman–Crippen LogP) is 4.75. The number of aromatic nitrogens is 1. The molecule has 2 aromatic rings. The SMILES string of the molecule is Fc1cc(CNC(=S)Nc2cccc(Cl)c2Cl)c(F)nc1N1CCCC1. The summed E-state index contributed by atoms with van der Waals surface area (Å²) in [6, 6.07) is 6.22. The van der Waals surface area contributed by atoms with E-state index in [1.54, 1.807) is 23.1 Å². The summed E-state index contributed by atoms with van der Waals surface area (Å²) in [6.45, 7) is 1.37. The molecule has 1 aliphatic heterocycles. The lowest BCUT2D eigenvalue weighted by Crippen LogP contribution is -2.29. The molecule has 0 atom stereocenters. The van der Waals surface area contributed by atoms with Gasteiger partial charge in [-0.3, -0.25) is 0 Å². The van der Waals surface area contributed by atoms with Gasteiger partial charge in [-0.25, -0.2) is 4.39 Å². The maximum atomic E-state index is 14.3. The third kappa shape index (κ3) is 4.34. The van der Waals surface area contributed by atoms with Crippen LogP contribution in [0.4, 0.5) is 20.3 Å². The van der Waals surface area contributed by atoms with Gasteiger partial charge in [0, 0.05) is 25.2 Å². The van der Waals surface area contributed by atoms with E-state index < -0.39 is 11.8 Å². The zero-order valence-corrected chi connectivity index (χ0v) is 16.0. The van der Waals surface area contributed by atoms with Gasteiger partial charge in [-0.2, -0.15) is 9.37 Å². The van der Waals surface area contributed by atoms with Gasteiger partial charge >= 0.3 is 0 Å². The van der Waals surface area contributed by atoms with Crippen molar-refractivity contribution in [3.05, 3.63) is 51.6 Å². The molecule has 0 aliphatic carbocycles. The molecule has 26 heavy (non-hydrogen) atoms. The highest BCUT2D eigenvalue weighted by Crippen LogP contribution is 2.29. The number of halogens is 4. The average Bonchev–Trinajstić information content (AvgIpc) is 3.13. The highest BCUT2D eigenvalue weighted by Gasteiger charge is 2.20. The summed E-state index contributed by atoms with van der Waals surface area (Å²) in [4.78, 5) is 5.54. The molecule has 3 rings (SSSR count). The molecular weight excluding hydrogens is 401 g/mol. The minimum absolute atomic E-state index is 0.0138. The van der Waals surface area contributed by atoms with Gasteiger partial charge < -0.3 is 15.5 Å². The molecule has 4 nitrogen and oxygen atoms in total. The van der Waals surface area contributed by atoms with Crippen molar-refractivity contribution >= 4 is 52.0 Å². The van der Waals surface area contributed by atoms with Crippen LogP contribution in [0.15, 0.2) is 24.3 Å². The topological polar surface area (TPSA) is 40.2 Å². The Morgan fingerprint density at radius 2 is 1.96 bits per heavy atom. The van der Waals surface area contributed by atoms with Crippen LogP contribution in [0.1, 0.15) is 18.4 Å². The fourth-order valence-corrected chi connectivity index (χ4v) is 3.24. The summed E-state index contributed by atoms with van der Waals surface area (Å²) in [7, 11) is 0. The summed E-state index contributed by atoms with van der Waals surface area (Å²) < 4.78 is 28.5. The second-order valence-corrected chi connectivity index (χ2v) is 7.04. The lowest BCUT2D eigenvalue weighted by atomic mass is 10.2. The van der Waals surface area contributed by atoms with E-state index >= 15 is 0 Å². The van der Waals surface area contributed by atoms with Crippen LogP contribution in [-0.2, 0) is 6.54 Å². The van der Waals surface area contributed by atoms with Crippen molar-refractivity contribution in [2.75, 3.05) is 23.3 Å². The van der Waals surface area contributed by atoms with Crippen LogP contribution in [0.5, 0.6) is 0 Å². The molecule has 1 saturated heterocycles. The van der Waals surface area contributed by atoms with Crippen molar-refractivity contribution < 1.29 is 8.78 Å². The Labute approximate surface area is 165 Å². The van der Waals surface area contributed by atoms with E-state index in [1.165, 1.54) is 0 Å². The van der Waals surface area contributed by atoms with Crippen LogP contribution >= 0.6 is 35.4 Å². The molecule has 0 bridgehead atoms. The number of nitrogens with zero attached hydrogens (tertiary/aromatic N) is 2. The van der Waals surface area contributed by atoms with Crippen LogP contribution < -0.4 is 15.5 Å². The van der Waals surface area contributed by atoms with Crippen molar-refractivity contribution in [2.45, 2.75) is 19.4 Å². The number of nitrogens with one attached hydrogen (secondary N) is 2. The maximum absolute atomic E-state index is 14.3. The molecule has 0 saturated carbocycles. The van der Waals surface area contributed by atoms with Gasteiger partial charge in [0.05, 0.1) is 15.7 Å². The van der Waals surface area contributed by atoms with Gasteiger partial charge in [0.15, 0.2) is 16.7 Å². The first kappa shape index (κ1) is 19.1. The Hall–Kier alpha value is -1.70. The first-order valence-electron chi connectivity index (χ1n) is 8.04. The van der Waals surface area contributed by atoms with Crippen LogP contribution in [0, 0.1) is 11.8 Å². The molecule has 0 amide bonds. The molecular formula is C17H16Cl2F2N4S. The molecule has 1 aromatic carbocycles. The number of rotatable bonds is 4. The summed E-state index contributed by atoms with van der Waals surface area (Å²) in [5.41, 5.74) is 0.609. The summed E-state index contributed by atoms with van der Waals surface area (Å²) in [5, 5.41) is 6.60. The van der Waals surface area contributed by atoms with Gasteiger partial charge in [-0.1, -0.05) is 29.3 Å². The fourth-order valence-electron chi connectivity index (χ4n) is 2.71. The molecule has 0 unspecified atom stereocenters. The molecule has 0 radical (unpaired) electrons. The van der Waals surface area contributed by atoms with E-state index in [1.807, 2.05) is 0 Å². The van der Waals surface area contributed by atoms with Gasteiger partial charge in [-0.05, 0) is 43.3 Å². The largest absolute Gasteiger partial charge is 0.358 e. The lowest BCUT2D eigenvalue weighted by Gasteiger charge is -2.18. The highest BCUT2D eigenvalue weighted by molar-refractivity contribution is 7.80. The molecule has 9 heteroatoms. The summed E-state index contributed by atoms with van der Waals surface area (Å²) in [6.07, 6.45) is 1.91. The van der Waals surface area contributed by atoms with Crippen LogP contribution in [0.2, 0.25) is 10.0 Å². The molecule has 2 heterocycles. The van der Waals surface area contributed by atoms with Crippen molar-refractivity contribution in [2.24, 2.45) is 0 Å². The number of anilines is 2. The Morgan fingerprint density at radius 1 is 1.23 bits per heavy atom. The molecule has 1 aromatic heterocycles. The van der Waals surface area contributed by atoms with E-state index in [9.17, 15) is 8.78 Å². The zero-order valence-electron chi connectivity index (χ0n) is 13.7. The quantitative estimate of drug-likeness (QED) is 0.555. The molecule has 0 spiro atoms. The first-order chi connectivity index (χ1) is 12.5. The van der Waals surface area contributed by atoms with E-state index in [0.29, 0.717) is 28.8 Å². The number of hydrogen-bond donors (Lipinski definition) is 2. The minimum atomic E-state index is -0.718. The van der Waals surface area contributed by atoms with E-state index in [2.05, 4.69) is 15.6 Å². The zero-order chi connectivity index (χ0) is 18.7. The van der Waals surface area contributed by atoms with E-state index in [-0.39, 0.29) is 23.0 Å². The lowest BCUT2D eigenvalue weighted by molar-refractivity contribution is 0.539. The monoisotopic (exact) mass is 416 g/mol. The molecule has 138 valence electrons. The summed E-state index contributed by atoms with van der Waals surface area (Å²) >= 11 is 17.2. The van der Waals surface area contributed by atoms with Crippen molar-refractivity contribution in [1.82, 2.24) is 10.3 Å².